The van der Waals surface area contributed by atoms with Gasteiger partial charge in [0.1, 0.15) is 0 Å². The second-order valence-electron chi connectivity index (χ2n) is 3.38. The predicted octanol–water partition coefficient (Wildman–Crippen LogP) is 3.35. The number of azide groups is 1. The van der Waals surface area contributed by atoms with Crippen molar-refractivity contribution in [2.75, 3.05) is 0 Å². The van der Waals surface area contributed by atoms with Gasteiger partial charge in [0.25, 0.3) is 0 Å². The van der Waals surface area contributed by atoms with Gasteiger partial charge in [0.15, 0.2) is 5.78 Å². The summed E-state index contributed by atoms with van der Waals surface area (Å²) in [5.74, 6) is 0.0931. The van der Waals surface area contributed by atoms with Gasteiger partial charge in [-0.15, -0.1) is 0 Å². The molecule has 1 unspecified atom stereocenters. The first-order chi connectivity index (χ1) is 7.24. The zero-order valence-electron chi connectivity index (χ0n) is 8.63. The molecule has 1 aromatic rings. The lowest BCUT2D eigenvalue weighted by atomic mass is 10.0. The molecule has 1 atom stereocenters. The Morgan fingerprint density at radius 2 is 2.13 bits per heavy atom. The average Bonchev–Trinajstić information content (AvgIpc) is 2.27. The Morgan fingerprint density at radius 1 is 1.47 bits per heavy atom. The van der Waals surface area contributed by atoms with Crippen molar-refractivity contribution in [3.63, 3.8) is 0 Å². The summed E-state index contributed by atoms with van der Waals surface area (Å²) in [6.45, 7) is 1.80. The number of ketones is 1. The zero-order chi connectivity index (χ0) is 11.1. The van der Waals surface area contributed by atoms with Crippen molar-refractivity contribution in [2.45, 2.75) is 25.8 Å². The van der Waals surface area contributed by atoms with Crippen molar-refractivity contribution in [1.29, 1.82) is 0 Å². The van der Waals surface area contributed by atoms with Gasteiger partial charge in [0.05, 0.1) is 0 Å². The van der Waals surface area contributed by atoms with E-state index in [-0.39, 0.29) is 11.8 Å². The SMILES string of the molecule is CC(CCC(=O)c1ccccc1)N=[N+]=[N-]. The van der Waals surface area contributed by atoms with Gasteiger partial charge < -0.3 is 0 Å². The van der Waals surface area contributed by atoms with Crippen LogP contribution in [0.3, 0.4) is 0 Å². The highest BCUT2D eigenvalue weighted by atomic mass is 16.1. The van der Waals surface area contributed by atoms with Gasteiger partial charge >= 0.3 is 0 Å². The van der Waals surface area contributed by atoms with Gasteiger partial charge in [-0.05, 0) is 12.0 Å². The topological polar surface area (TPSA) is 65.8 Å². The number of hydrogen-bond donors (Lipinski definition) is 0. The summed E-state index contributed by atoms with van der Waals surface area (Å²) >= 11 is 0. The summed E-state index contributed by atoms with van der Waals surface area (Å²) in [5, 5.41) is 3.52. The number of Topliss-reactive ketones (excluding diaryl/α,β-unsaturated/α-hetero) is 1. The van der Waals surface area contributed by atoms with Crippen LogP contribution in [0.2, 0.25) is 0 Å². The van der Waals surface area contributed by atoms with E-state index in [4.69, 9.17) is 5.53 Å². The molecule has 78 valence electrons. The maximum atomic E-state index is 11.6. The van der Waals surface area contributed by atoms with Gasteiger partial charge in [-0.25, -0.2) is 0 Å². The minimum Gasteiger partial charge on any atom is -0.294 e. The quantitative estimate of drug-likeness (QED) is 0.313. The zero-order valence-corrected chi connectivity index (χ0v) is 8.63. The summed E-state index contributed by atoms with van der Waals surface area (Å²) in [4.78, 5) is 14.3. The van der Waals surface area contributed by atoms with Crippen molar-refractivity contribution in [3.8, 4) is 0 Å². The average molecular weight is 203 g/mol. The summed E-state index contributed by atoms with van der Waals surface area (Å²) < 4.78 is 0. The van der Waals surface area contributed by atoms with Crippen LogP contribution in [0.4, 0.5) is 0 Å². The van der Waals surface area contributed by atoms with Crippen molar-refractivity contribution >= 4 is 5.78 Å². The largest absolute Gasteiger partial charge is 0.294 e. The number of nitrogens with zero attached hydrogens (tertiary/aromatic N) is 3. The fraction of sp³-hybridized carbons (Fsp3) is 0.364. The lowest BCUT2D eigenvalue weighted by Gasteiger charge is -2.03. The van der Waals surface area contributed by atoms with E-state index in [9.17, 15) is 4.79 Å². The van der Waals surface area contributed by atoms with E-state index in [0.29, 0.717) is 18.4 Å². The van der Waals surface area contributed by atoms with E-state index in [2.05, 4.69) is 10.0 Å². The number of carbonyl (C=O) groups is 1. The Labute approximate surface area is 88.6 Å². The Hall–Kier alpha value is -1.80. The first kappa shape index (κ1) is 11.3. The fourth-order valence-electron chi connectivity index (χ4n) is 1.25. The van der Waals surface area contributed by atoms with Crippen LogP contribution in [0.25, 0.3) is 10.4 Å². The maximum absolute atomic E-state index is 11.6. The van der Waals surface area contributed by atoms with Crippen LogP contribution in [0.5, 0.6) is 0 Å². The monoisotopic (exact) mass is 203 g/mol. The first-order valence-electron chi connectivity index (χ1n) is 4.86. The number of carbonyl (C=O) groups excluding carboxylic acids is 1. The molecule has 1 rings (SSSR count). The lowest BCUT2D eigenvalue weighted by Crippen LogP contribution is -2.04. The fourth-order valence-corrected chi connectivity index (χ4v) is 1.25. The molecule has 0 spiro atoms. The second-order valence-corrected chi connectivity index (χ2v) is 3.38. The molecule has 0 aromatic heterocycles. The molecular formula is C11H13N3O. The van der Waals surface area contributed by atoms with Crippen molar-refractivity contribution in [2.24, 2.45) is 5.11 Å². The molecule has 15 heavy (non-hydrogen) atoms. The van der Waals surface area contributed by atoms with Crippen LogP contribution in [0.15, 0.2) is 35.4 Å². The Kier molecular flexibility index (Phi) is 4.38. The molecule has 0 amide bonds. The van der Waals surface area contributed by atoms with Gasteiger partial charge in [0, 0.05) is 22.9 Å². The van der Waals surface area contributed by atoms with Crippen molar-refractivity contribution in [3.05, 3.63) is 46.3 Å². The van der Waals surface area contributed by atoms with Crippen LogP contribution in [-0.2, 0) is 0 Å². The van der Waals surface area contributed by atoms with Crippen LogP contribution in [0.1, 0.15) is 30.1 Å². The van der Waals surface area contributed by atoms with Crippen LogP contribution >= 0.6 is 0 Å². The molecule has 0 aliphatic carbocycles. The van der Waals surface area contributed by atoms with Crippen molar-refractivity contribution < 1.29 is 4.79 Å². The van der Waals surface area contributed by atoms with Gasteiger partial charge in [-0.2, -0.15) is 0 Å². The molecular weight excluding hydrogens is 190 g/mol. The third-order valence-electron chi connectivity index (χ3n) is 2.13. The van der Waals surface area contributed by atoms with Crippen LogP contribution < -0.4 is 0 Å². The summed E-state index contributed by atoms with van der Waals surface area (Å²) in [5.41, 5.74) is 8.91. The molecule has 0 radical (unpaired) electrons. The van der Waals surface area contributed by atoms with Gasteiger partial charge in [-0.1, -0.05) is 42.4 Å². The highest BCUT2D eigenvalue weighted by Crippen LogP contribution is 2.08. The standard InChI is InChI=1S/C11H13N3O/c1-9(13-14-12)7-8-11(15)10-5-3-2-4-6-10/h2-6,9H,7-8H2,1H3. The summed E-state index contributed by atoms with van der Waals surface area (Å²) in [6.07, 6.45) is 1.02. The second kappa shape index (κ2) is 5.83. The van der Waals surface area contributed by atoms with Crippen LogP contribution in [0, 0.1) is 0 Å². The third-order valence-corrected chi connectivity index (χ3v) is 2.13. The normalized spacial score (nSPS) is 11.5. The molecule has 0 heterocycles. The minimum atomic E-state index is -0.123. The van der Waals surface area contributed by atoms with Crippen molar-refractivity contribution in [1.82, 2.24) is 0 Å². The van der Waals surface area contributed by atoms with Gasteiger partial charge in [0.2, 0.25) is 0 Å². The highest BCUT2D eigenvalue weighted by Gasteiger charge is 2.06. The maximum Gasteiger partial charge on any atom is 0.162 e. The van der Waals surface area contributed by atoms with E-state index >= 15 is 0 Å². The molecule has 0 saturated carbocycles. The molecule has 1 aromatic carbocycles. The van der Waals surface area contributed by atoms with E-state index in [1.54, 1.807) is 19.1 Å². The van der Waals surface area contributed by atoms with Crippen LogP contribution in [-0.4, -0.2) is 11.8 Å². The smallest absolute Gasteiger partial charge is 0.162 e. The lowest BCUT2D eigenvalue weighted by molar-refractivity contribution is 0.0978. The number of hydrogen-bond acceptors (Lipinski definition) is 2. The molecule has 4 nitrogen and oxygen atoms in total. The molecule has 0 aliphatic heterocycles. The molecule has 0 aliphatic rings. The number of benzene rings is 1. The number of rotatable bonds is 5. The predicted molar refractivity (Wildman–Crippen MR) is 58.6 cm³/mol. The Bertz CT molecular complexity index is 369. The molecule has 0 saturated heterocycles. The third kappa shape index (κ3) is 3.83. The highest BCUT2D eigenvalue weighted by molar-refractivity contribution is 5.95. The van der Waals surface area contributed by atoms with E-state index in [1.165, 1.54) is 0 Å². The Balaban J connectivity index is 2.47. The van der Waals surface area contributed by atoms with E-state index in [0.717, 1.165) is 0 Å². The van der Waals surface area contributed by atoms with Gasteiger partial charge in [-0.3, -0.25) is 4.79 Å². The Morgan fingerprint density at radius 3 is 2.73 bits per heavy atom. The summed E-state index contributed by atoms with van der Waals surface area (Å²) in [7, 11) is 0. The molecule has 4 heteroatoms. The molecule has 0 N–H and O–H groups in total. The minimum absolute atomic E-state index is 0.0931. The van der Waals surface area contributed by atoms with E-state index in [1.807, 2.05) is 18.2 Å². The summed E-state index contributed by atoms with van der Waals surface area (Å²) in [6, 6.07) is 9.01. The first-order valence-corrected chi connectivity index (χ1v) is 4.86. The molecule has 0 bridgehead atoms. The molecule has 0 fully saturated rings. The van der Waals surface area contributed by atoms with E-state index < -0.39 is 0 Å².